The van der Waals surface area contributed by atoms with Crippen molar-refractivity contribution in [2.75, 3.05) is 26.2 Å². The monoisotopic (exact) mass is 250 g/mol. The molecule has 0 aliphatic carbocycles. The van der Waals surface area contributed by atoms with Crippen molar-refractivity contribution in [2.24, 2.45) is 0 Å². The van der Waals surface area contributed by atoms with Crippen LogP contribution in [-0.2, 0) is 6.61 Å². The second-order valence-electron chi connectivity index (χ2n) is 4.81. The van der Waals surface area contributed by atoms with Gasteiger partial charge in [0.2, 0.25) is 0 Å². The highest BCUT2D eigenvalue weighted by molar-refractivity contribution is 5.28. The molecule has 4 heteroatoms. The molecule has 0 atom stereocenters. The molecule has 100 valence electrons. The van der Waals surface area contributed by atoms with Gasteiger partial charge in [-0.15, -0.1) is 0 Å². The van der Waals surface area contributed by atoms with Gasteiger partial charge in [0.25, 0.3) is 0 Å². The van der Waals surface area contributed by atoms with Crippen molar-refractivity contribution in [3.05, 3.63) is 23.5 Å². The highest BCUT2D eigenvalue weighted by atomic mass is 16.5. The number of aliphatic hydroxyl groups is 1. The third kappa shape index (κ3) is 3.68. The third-order valence-corrected chi connectivity index (χ3v) is 3.30. The third-order valence-electron chi connectivity index (χ3n) is 3.30. The fraction of sp³-hybridized carbons (Fsp3) is 0.643. The van der Waals surface area contributed by atoms with E-state index in [2.05, 4.69) is 9.88 Å². The van der Waals surface area contributed by atoms with Crippen molar-refractivity contribution < 1.29 is 9.84 Å². The molecule has 0 amide bonds. The zero-order valence-corrected chi connectivity index (χ0v) is 11.1. The van der Waals surface area contributed by atoms with Gasteiger partial charge in [-0.2, -0.15) is 0 Å². The van der Waals surface area contributed by atoms with Gasteiger partial charge >= 0.3 is 0 Å². The molecule has 0 spiro atoms. The first-order chi connectivity index (χ1) is 8.79. The number of aryl methyl sites for hydroxylation is 1. The summed E-state index contributed by atoms with van der Waals surface area (Å²) in [6.45, 7) is 6.10. The van der Waals surface area contributed by atoms with Crippen LogP contribution in [0.2, 0.25) is 0 Å². The van der Waals surface area contributed by atoms with E-state index in [1.54, 1.807) is 0 Å². The highest BCUT2D eigenvalue weighted by Gasteiger charge is 2.10. The molecule has 1 fully saturated rings. The van der Waals surface area contributed by atoms with Crippen molar-refractivity contribution in [2.45, 2.75) is 32.8 Å². The Morgan fingerprint density at radius 3 is 2.83 bits per heavy atom. The summed E-state index contributed by atoms with van der Waals surface area (Å²) in [5.74, 6) is 0.713. The number of nitrogens with zero attached hydrogens (tertiary/aromatic N) is 2. The van der Waals surface area contributed by atoms with Crippen LogP contribution in [0.4, 0.5) is 0 Å². The maximum Gasteiger partial charge on any atom is 0.143 e. The van der Waals surface area contributed by atoms with E-state index in [1.165, 1.54) is 25.9 Å². The molecule has 1 aliphatic rings. The number of rotatable bonds is 6. The lowest BCUT2D eigenvalue weighted by molar-refractivity contribution is 0.242. The number of ether oxygens (including phenoxy) is 1. The predicted molar refractivity (Wildman–Crippen MR) is 70.7 cm³/mol. The Morgan fingerprint density at radius 2 is 2.11 bits per heavy atom. The molecule has 0 radical (unpaired) electrons. The first-order valence-corrected chi connectivity index (χ1v) is 6.72. The summed E-state index contributed by atoms with van der Waals surface area (Å²) in [6.07, 6.45) is 3.69. The largest absolute Gasteiger partial charge is 0.492 e. The van der Waals surface area contributed by atoms with Crippen LogP contribution in [0.1, 0.15) is 30.7 Å². The van der Waals surface area contributed by atoms with Crippen molar-refractivity contribution in [3.63, 3.8) is 0 Å². The first-order valence-electron chi connectivity index (χ1n) is 6.72. The van der Waals surface area contributed by atoms with Gasteiger partial charge in [0.15, 0.2) is 0 Å². The molecule has 1 aromatic rings. The minimum Gasteiger partial charge on any atom is -0.492 e. The van der Waals surface area contributed by atoms with E-state index < -0.39 is 0 Å². The Kier molecular flexibility index (Phi) is 4.96. The summed E-state index contributed by atoms with van der Waals surface area (Å²) in [7, 11) is 0. The number of aliphatic hydroxyl groups excluding tert-OH is 1. The van der Waals surface area contributed by atoms with E-state index in [0.29, 0.717) is 18.1 Å². The van der Waals surface area contributed by atoms with E-state index in [9.17, 15) is 5.11 Å². The molecule has 0 bridgehead atoms. The molecule has 0 aromatic carbocycles. The second-order valence-corrected chi connectivity index (χ2v) is 4.81. The maximum absolute atomic E-state index is 9.22. The number of hydrogen-bond donors (Lipinski definition) is 1. The van der Waals surface area contributed by atoms with E-state index in [-0.39, 0.29) is 6.61 Å². The molecule has 1 saturated heterocycles. The van der Waals surface area contributed by atoms with Gasteiger partial charge in [0.05, 0.1) is 13.2 Å². The molecule has 2 heterocycles. The summed E-state index contributed by atoms with van der Waals surface area (Å²) in [5.41, 5.74) is 1.54. The van der Waals surface area contributed by atoms with Gasteiger partial charge < -0.3 is 14.7 Å². The highest BCUT2D eigenvalue weighted by Crippen LogP contribution is 2.17. The van der Waals surface area contributed by atoms with Crippen molar-refractivity contribution in [3.8, 4) is 5.75 Å². The fourth-order valence-corrected chi connectivity index (χ4v) is 2.32. The standard InChI is InChI=1S/C14H22N2O2/c1-12-5-6-14(13(11-17)15-12)18-10-4-9-16-7-2-3-8-16/h5-6,17H,2-4,7-11H2,1H3. The molecule has 0 saturated carbocycles. The summed E-state index contributed by atoms with van der Waals surface area (Å²) < 4.78 is 5.69. The number of likely N-dealkylation sites (tertiary alicyclic amines) is 1. The summed E-state index contributed by atoms with van der Waals surface area (Å²) >= 11 is 0. The van der Waals surface area contributed by atoms with E-state index >= 15 is 0 Å². The zero-order valence-electron chi connectivity index (χ0n) is 11.1. The molecule has 2 rings (SSSR count). The van der Waals surface area contributed by atoms with Crippen molar-refractivity contribution in [1.82, 2.24) is 9.88 Å². The number of hydrogen-bond acceptors (Lipinski definition) is 4. The maximum atomic E-state index is 9.22. The van der Waals surface area contributed by atoms with Gasteiger partial charge in [-0.05, 0) is 51.4 Å². The molecule has 1 aromatic heterocycles. The summed E-state index contributed by atoms with van der Waals surface area (Å²) in [6, 6.07) is 3.80. The zero-order chi connectivity index (χ0) is 12.8. The van der Waals surface area contributed by atoms with Crippen LogP contribution in [0.3, 0.4) is 0 Å². The minimum absolute atomic E-state index is 0.0663. The Morgan fingerprint density at radius 1 is 1.33 bits per heavy atom. The summed E-state index contributed by atoms with van der Waals surface area (Å²) in [5, 5.41) is 9.22. The minimum atomic E-state index is -0.0663. The molecule has 4 nitrogen and oxygen atoms in total. The average molecular weight is 250 g/mol. The van der Waals surface area contributed by atoms with Crippen LogP contribution in [0, 0.1) is 6.92 Å². The average Bonchev–Trinajstić information content (AvgIpc) is 2.89. The SMILES string of the molecule is Cc1ccc(OCCCN2CCCC2)c(CO)n1. The van der Waals surface area contributed by atoms with Crippen LogP contribution in [0.15, 0.2) is 12.1 Å². The Labute approximate surface area is 109 Å². The number of pyridine rings is 1. The van der Waals surface area contributed by atoms with Gasteiger partial charge in [0.1, 0.15) is 11.4 Å². The lowest BCUT2D eigenvalue weighted by Crippen LogP contribution is -2.22. The molecule has 18 heavy (non-hydrogen) atoms. The Balaban J connectivity index is 1.75. The van der Waals surface area contributed by atoms with Crippen LogP contribution >= 0.6 is 0 Å². The van der Waals surface area contributed by atoms with E-state index in [0.717, 1.165) is 18.7 Å². The van der Waals surface area contributed by atoms with Crippen LogP contribution in [0.5, 0.6) is 5.75 Å². The molecule has 0 unspecified atom stereocenters. The van der Waals surface area contributed by atoms with Gasteiger partial charge in [-0.25, -0.2) is 0 Å². The lowest BCUT2D eigenvalue weighted by Gasteiger charge is -2.15. The Hall–Kier alpha value is -1.13. The number of aromatic nitrogens is 1. The lowest BCUT2D eigenvalue weighted by atomic mass is 10.3. The quantitative estimate of drug-likeness (QED) is 0.781. The van der Waals surface area contributed by atoms with Crippen LogP contribution in [-0.4, -0.2) is 41.2 Å². The first kappa shape index (κ1) is 13.3. The predicted octanol–water partition coefficient (Wildman–Crippen LogP) is 1.75. The van der Waals surface area contributed by atoms with Crippen LogP contribution < -0.4 is 4.74 Å². The molecule has 1 N–H and O–H groups in total. The van der Waals surface area contributed by atoms with Gasteiger partial charge in [0, 0.05) is 12.2 Å². The van der Waals surface area contributed by atoms with Crippen LogP contribution in [0.25, 0.3) is 0 Å². The topological polar surface area (TPSA) is 45.6 Å². The van der Waals surface area contributed by atoms with E-state index in [4.69, 9.17) is 4.74 Å². The van der Waals surface area contributed by atoms with E-state index in [1.807, 2.05) is 19.1 Å². The Bertz CT molecular complexity index is 376. The molecular formula is C14H22N2O2. The molecular weight excluding hydrogens is 228 g/mol. The van der Waals surface area contributed by atoms with Crippen molar-refractivity contribution >= 4 is 0 Å². The summed E-state index contributed by atoms with van der Waals surface area (Å²) in [4.78, 5) is 6.74. The second kappa shape index (κ2) is 6.71. The molecule has 1 aliphatic heterocycles. The van der Waals surface area contributed by atoms with Crippen molar-refractivity contribution in [1.29, 1.82) is 0 Å². The fourth-order valence-electron chi connectivity index (χ4n) is 2.32. The van der Waals surface area contributed by atoms with Gasteiger partial charge in [-0.1, -0.05) is 0 Å². The van der Waals surface area contributed by atoms with Gasteiger partial charge in [-0.3, -0.25) is 4.98 Å². The smallest absolute Gasteiger partial charge is 0.143 e. The normalized spacial score (nSPS) is 16.1.